The lowest BCUT2D eigenvalue weighted by molar-refractivity contribution is 0.0779. The average molecular weight is 712 g/mol. The first-order chi connectivity index (χ1) is 24.6. The van der Waals surface area contributed by atoms with Gasteiger partial charge in [0, 0.05) is 54.9 Å². The van der Waals surface area contributed by atoms with Crippen molar-refractivity contribution in [3.8, 4) is 11.6 Å². The van der Waals surface area contributed by atoms with Gasteiger partial charge in [0.2, 0.25) is 11.8 Å². The molecule has 0 aliphatic heterocycles. The minimum atomic E-state index is -0.467. The highest BCUT2D eigenvalue weighted by Gasteiger charge is 2.22. The summed E-state index contributed by atoms with van der Waals surface area (Å²) >= 11 is 6.63. The van der Waals surface area contributed by atoms with Crippen LogP contribution < -0.4 is 20.7 Å². The van der Waals surface area contributed by atoms with E-state index in [1.54, 1.807) is 54.4 Å². The van der Waals surface area contributed by atoms with E-state index >= 15 is 0 Å². The molecular formula is C39H46ClN7O4. The third-order valence-corrected chi connectivity index (χ3v) is 9.49. The molecule has 0 spiro atoms. The predicted molar refractivity (Wildman–Crippen MR) is 202 cm³/mol. The molecule has 51 heavy (non-hydrogen) atoms. The Morgan fingerprint density at radius 2 is 1.57 bits per heavy atom. The summed E-state index contributed by atoms with van der Waals surface area (Å²) in [5, 5.41) is 9.35. The van der Waals surface area contributed by atoms with Crippen LogP contribution in [0.4, 0.5) is 17.3 Å². The fraction of sp³-hybridized carbons (Fsp3) is 0.359. The molecule has 0 atom stereocenters. The number of halogens is 1. The molecule has 0 radical (unpaired) electrons. The molecule has 5 rings (SSSR count). The van der Waals surface area contributed by atoms with Crippen molar-refractivity contribution in [3.05, 3.63) is 99.7 Å². The number of rotatable bonds is 14. The zero-order chi connectivity index (χ0) is 36.5. The van der Waals surface area contributed by atoms with E-state index in [0.717, 1.165) is 56.4 Å². The van der Waals surface area contributed by atoms with Crippen LogP contribution in [0.3, 0.4) is 0 Å². The summed E-state index contributed by atoms with van der Waals surface area (Å²) < 4.78 is 6.17. The largest absolute Gasteiger partial charge is 0.436 e. The van der Waals surface area contributed by atoms with Crippen molar-refractivity contribution in [1.29, 1.82) is 0 Å². The number of aromatic nitrogens is 2. The molecule has 1 aliphatic carbocycles. The maximum Gasteiger partial charge on any atom is 0.262 e. The maximum atomic E-state index is 13.7. The van der Waals surface area contributed by atoms with Crippen LogP contribution >= 0.6 is 11.6 Å². The first-order valence-electron chi connectivity index (χ1n) is 17.4. The molecule has 4 aromatic rings. The van der Waals surface area contributed by atoms with Crippen molar-refractivity contribution in [2.75, 3.05) is 43.9 Å². The van der Waals surface area contributed by atoms with Crippen LogP contribution in [0.25, 0.3) is 0 Å². The molecular weight excluding hydrogens is 666 g/mol. The Kier molecular flexibility index (Phi) is 12.6. The number of aryl methyl sites for hydroxylation is 2. The molecule has 268 valence electrons. The maximum absolute atomic E-state index is 13.7. The van der Waals surface area contributed by atoms with E-state index < -0.39 is 5.91 Å². The number of nitrogens with one attached hydrogen (secondary N) is 3. The van der Waals surface area contributed by atoms with E-state index in [9.17, 15) is 14.4 Å². The second-order valence-electron chi connectivity index (χ2n) is 12.8. The van der Waals surface area contributed by atoms with Crippen molar-refractivity contribution in [1.82, 2.24) is 25.1 Å². The van der Waals surface area contributed by atoms with Gasteiger partial charge in [-0.2, -0.15) is 4.98 Å². The van der Waals surface area contributed by atoms with Crippen molar-refractivity contribution < 1.29 is 19.1 Å². The fourth-order valence-corrected chi connectivity index (χ4v) is 6.22. The van der Waals surface area contributed by atoms with Gasteiger partial charge in [-0.15, -0.1) is 0 Å². The highest BCUT2D eigenvalue weighted by Crippen LogP contribution is 2.33. The number of ether oxygens (including phenoxy) is 1. The Morgan fingerprint density at radius 3 is 2.22 bits per heavy atom. The molecule has 1 fully saturated rings. The number of carbonyl (C=O) groups is 3. The Bertz CT molecular complexity index is 1840. The summed E-state index contributed by atoms with van der Waals surface area (Å²) in [4.78, 5) is 52.5. The number of para-hydroxylation sites is 1. The van der Waals surface area contributed by atoms with Gasteiger partial charge < -0.3 is 30.5 Å². The van der Waals surface area contributed by atoms with Crippen LogP contribution in [-0.4, -0.2) is 76.8 Å². The molecule has 3 aromatic carbocycles. The third kappa shape index (κ3) is 9.62. The third-order valence-electron chi connectivity index (χ3n) is 9.19. The lowest BCUT2D eigenvalue weighted by Crippen LogP contribution is -2.36. The SMILES string of the molecule is CCN(CC)CCN(C)C(=O)c1ccc(Nc2ncc(C(=O)Nc3c(C)cccc3C)c(Oc3ccc(C(=O)NC4CCCC4)cc3Cl)n2)cc1. The van der Waals surface area contributed by atoms with Gasteiger partial charge in [-0.25, -0.2) is 4.98 Å². The fourth-order valence-electron chi connectivity index (χ4n) is 6.00. The minimum Gasteiger partial charge on any atom is -0.436 e. The molecule has 1 aliphatic rings. The lowest BCUT2D eigenvalue weighted by Gasteiger charge is -2.23. The van der Waals surface area contributed by atoms with E-state index in [-0.39, 0.29) is 46.0 Å². The zero-order valence-electron chi connectivity index (χ0n) is 29.9. The standard InChI is InChI=1S/C39H46ClN7O4/c1-6-47(7-2)22-21-46(5)38(50)27-15-18-30(19-16-27)43-39-41-24-31(36(49)44-34-25(3)11-10-12-26(34)4)37(45-39)51-33-20-17-28(23-32(33)40)35(48)42-29-13-8-9-14-29/h10-12,15-20,23-24,29H,6-9,13-14,21-22H2,1-5H3,(H,42,48)(H,44,49)(H,41,43,45). The summed E-state index contributed by atoms with van der Waals surface area (Å²) in [7, 11) is 1.80. The number of nitrogens with zero attached hydrogens (tertiary/aromatic N) is 4. The number of hydrogen-bond donors (Lipinski definition) is 3. The Hall–Kier alpha value is -5.00. The number of anilines is 3. The van der Waals surface area contributed by atoms with Gasteiger partial charge in [0.15, 0.2) is 0 Å². The van der Waals surface area contributed by atoms with E-state index in [1.165, 1.54) is 6.20 Å². The van der Waals surface area contributed by atoms with Crippen LogP contribution in [0.15, 0.2) is 66.9 Å². The Balaban J connectivity index is 1.36. The summed E-state index contributed by atoms with van der Waals surface area (Å²) in [6.07, 6.45) is 5.53. The zero-order valence-corrected chi connectivity index (χ0v) is 30.6. The van der Waals surface area contributed by atoms with E-state index in [4.69, 9.17) is 16.3 Å². The summed E-state index contributed by atoms with van der Waals surface area (Å²) in [6.45, 7) is 11.3. The molecule has 0 unspecified atom stereocenters. The van der Waals surface area contributed by atoms with Crippen molar-refractivity contribution in [2.24, 2.45) is 0 Å². The molecule has 1 heterocycles. The highest BCUT2D eigenvalue weighted by atomic mass is 35.5. The van der Waals surface area contributed by atoms with Gasteiger partial charge in [-0.05, 0) is 93.4 Å². The van der Waals surface area contributed by atoms with Gasteiger partial charge in [-0.3, -0.25) is 14.4 Å². The van der Waals surface area contributed by atoms with Gasteiger partial charge in [0.05, 0.1) is 5.02 Å². The molecule has 3 N–H and O–H groups in total. The quantitative estimate of drug-likeness (QED) is 0.122. The molecule has 3 amide bonds. The molecule has 0 bridgehead atoms. The predicted octanol–water partition coefficient (Wildman–Crippen LogP) is 7.62. The Morgan fingerprint density at radius 1 is 0.902 bits per heavy atom. The number of amides is 3. The molecule has 1 saturated carbocycles. The van der Waals surface area contributed by atoms with Gasteiger partial charge >= 0.3 is 0 Å². The normalized spacial score (nSPS) is 12.8. The second-order valence-corrected chi connectivity index (χ2v) is 13.2. The van der Waals surface area contributed by atoms with Gasteiger partial charge in [-0.1, -0.05) is 56.5 Å². The molecule has 12 heteroatoms. The first-order valence-corrected chi connectivity index (χ1v) is 17.8. The lowest BCUT2D eigenvalue weighted by atomic mass is 10.1. The number of carbonyl (C=O) groups excluding carboxylic acids is 3. The molecule has 1 aromatic heterocycles. The van der Waals surface area contributed by atoms with Gasteiger partial charge in [0.1, 0.15) is 11.3 Å². The summed E-state index contributed by atoms with van der Waals surface area (Å²) in [6, 6.07) is 17.7. The van der Waals surface area contributed by atoms with Crippen molar-refractivity contribution in [2.45, 2.75) is 59.4 Å². The number of hydrogen-bond acceptors (Lipinski definition) is 8. The average Bonchev–Trinajstić information content (AvgIpc) is 3.64. The molecule has 11 nitrogen and oxygen atoms in total. The van der Waals surface area contributed by atoms with Crippen LogP contribution in [0.5, 0.6) is 11.6 Å². The van der Waals surface area contributed by atoms with Crippen LogP contribution in [0.2, 0.25) is 5.02 Å². The monoisotopic (exact) mass is 711 g/mol. The second kappa shape index (κ2) is 17.3. The van der Waals surface area contributed by atoms with Crippen molar-refractivity contribution in [3.63, 3.8) is 0 Å². The smallest absolute Gasteiger partial charge is 0.262 e. The van der Waals surface area contributed by atoms with Gasteiger partial charge in [0.25, 0.3) is 17.7 Å². The van der Waals surface area contributed by atoms with Crippen LogP contribution in [0, 0.1) is 13.8 Å². The van der Waals surface area contributed by atoms with Crippen molar-refractivity contribution >= 4 is 46.6 Å². The van der Waals surface area contributed by atoms with Crippen LogP contribution in [-0.2, 0) is 0 Å². The number of likely N-dealkylation sites (N-methyl/N-ethyl adjacent to an activating group) is 2. The highest BCUT2D eigenvalue weighted by molar-refractivity contribution is 6.32. The topological polar surface area (TPSA) is 129 Å². The summed E-state index contributed by atoms with van der Waals surface area (Å²) in [5.74, 6) is -0.399. The minimum absolute atomic E-state index is 0.0390. The summed E-state index contributed by atoms with van der Waals surface area (Å²) in [5.41, 5.74) is 4.16. The van der Waals surface area contributed by atoms with E-state index in [2.05, 4.69) is 44.7 Å². The molecule has 0 saturated heterocycles. The van der Waals surface area contributed by atoms with Crippen LogP contribution in [0.1, 0.15) is 81.7 Å². The number of benzene rings is 3. The first kappa shape index (κ1) is 37.3. The Labute approximate surface area is 304 Å². The van der Waals surface area contributed by atoms with E-state index in [0.29, 0.717) is 29.0 Å². The van der Waals surface area contributed by atoms with E-state index in [1.807, 2.05) is 32.0 Å².